The minimum Gasteiger partial charge on any atom is -0.444 e. The minimum absolute atomic E-state index is 0.256. The number of aromatic nitrogens is 2. The molecule has 0 aliphatic carbocycles. The van der Waals surface area contributed by atoms with Crippen LogP contribution in [-0.4, -0.2) is 66.1 Å². The third-order valence-electron chi connectivity index (χ3n) is 3.82. The predicted octanol–water partition coefficient (Wildman–Crippen LogP) is 1.32. The number of hydrogen-bond acceptors (Lipinski definition) is 7. The molecular formula is C15H24N4O4. The van der Waals surface area contributed by atoms with Gasteiger partial charge in [-0.05, 0) is 25.9 Å². The van der Waals surface area contributed by atoms with Crippen LogP contribution >= 0.6 is 0 Å². The van der Waals surface area contributed by atoms with E-state index in [-0.39, 0.29) is 6.09 Å². The summed E-state index contributed by atoms with van der Waals surface area (Å²) < 4.78 is 16.0. The molecule has 2 fully saturated rings. The Hall–Kier alpha value is -1.83. The van der Waals surface area contributed by atoms with Gasteiger partial charge in [-0.1, -0.05) is 0 Å². The Kier molecular flexibility index (Phi) is 4.43. The predicted molar refractivity (Wildman–Crippen MR) is 82.3 cm³/mol. The molecule has 0 aromatic carbocycles. The second-order valence-corrected chi connectivity index (χ2v) is 7.04. The minimum atomic E-state index is -0.457. The van der Waals surface area contributed by atoms with Crippen molar-refractivity contribution in [2.24, 2.45) is 5.92 Å². The van der Waals surface area contributed by atoms with Crippen LogP contribution in [-0.2, 0) is 15.9 Å². The van der Waals surface area contributed by atoms with Crippen LogP contribution in [0.25, 0.3) is 0 Å². The molecule has 8 heteroatoms. The van der Waals surface area contributed by atoms with Crippen molar-refractivity contribution in [2.75, 3.05) is 44.3 Å². The summed E-state index contributed by atoms with van der Waals surface area (Å²) in [5.74, 6) is 1.60. The summed E-state index contributed by atoms with van der Waals surface area (Å²) in [6.07, 6.45) is 0.435. The van der Waals surface area contributed by atoms with Crippen LogP contribution < -0.4 is 4.90 Å². The molecule has 1 aromatic rings. The Morgan fingerprint density at radius 3 is 2.65 bits per heavy atom. The highest BCUT2D eigenvalue weighted by Crippen LogP contribution is 2.23. The molecule has 0 unspecified atom stereocenters. The molecule has 0 bridgehead atoms. The van der Waals surface area contributed by atoms with E-state index in [1.165, 1.54) is 0 Å². The van der Waals surface area contributed by atoms with Crippen molar-refractivity contribution >= 4 is 12.0 Å². The van der Waals surface area contributed by atoms with Crippen LogP contribution in [0.1, 0.15) is 26.7 Å². The maximum absolute atomic E-state index is 11.9. The van der Waals surface area contributed by atoms with Crippen molar-refractivity contribution in [1.82, 2.24) is 15.0 Å². The zero-order chi connectivity index (χ0) is 16.4. The van der Waals surface area contributed by atoms with E-state index < -0.39 is 5.60 Å². The highest BCUT2D eigenvalue weighted by Gasteiger charge is 2.34. The fraction of sp³-hybridized carbons (Fsp3) is 0.800. The molecular weight excluding hydrogens is 300 g/mol. The van der Waals surface area contributed by atoms with Crippen LogP contribution in [0.15, 0.2) is 4.52 Å². The maximum Gasteiger partial charge on any atom is 0.410 e. The monoisotopic (exact) mass is 324 g/mol. The third-order valence-corrected chi connectivity index (χ3v) is 3.82. The normalized spacial score (nSPS) is 19.6. The summed E-state index contributed by atoms with van der Waals surface area (Å²) >= 11 is 0. The summed E-state index contributed by atoms with van der Waals surface area (Å²) in [6.45, 7) is 9.90. The summed E-state index contributed by atoms with van der Waals surface area (Å²) in [7, 11) is 0. The molecule has 3 heterocycles. The first-order valence-electron chi connectivity index (χ1n) is 8.04. The first-order chi connectivity index (χ1) is 10.9. The Morgan fingerprint density at radius 1 is 1.30 bits per heavy atom. The van der Waals surface area contributed by atoms with Gasteiger partial charge in [-0.2, -0.15) is 4.98 Å². The lowest BCUT2D eigenvalue weighted by Gasteiger charge is -2.39. The van der Waals surface area contributed by atoms with E-state index in [2.05, 4.69) is 15.0 Å². The van der Waals surface area contributed by atoms with Gasteiger partial charge in [0.15, 0.2) is 0 Å². The summed E-state index contributed by atoms with van der Waals surface area (Å²) in [5.41, 5.74) is -0.457. The molecule has 2 aliphatic rings. The highest BCUT2D eigenvalue weighted by molar-refractivity contribution is 5.69. The third kappa shape index (κ3) is 4.13. The van der Waals surface area contributed by atoms with Crippen molar-refractivity contribution < 1.29 is 18.8 Å². The first-order valence-corrected chi connectivity index (χ1v) is 8.04. The number of hydrogen-bond donors (Lipinski definition) is 0. The lowest BCUT2D eigenvalue weighted by Crippen LogP contribution is -2.52. The Morgan fingerprint density at radius 2 is 2.00 bits per heavy atom. The van der Waals surface area contributed by atoms with Gasteiger partial charge >= 0.3 is 6.09 Å². The molecule has 1 amide bonds. The van der Waals surface area contributed by atoms with E-state index in [9.17, 15) is 4.79 Å². The SMILES string of the molecule is CC(C)(C)OC(=O)N1CC(Cc2nc(N3CCOCC3)no2)C1. The number of carbonyl (C=O) groups is 1. The number of ether oxygens (including phenoxy) is 2. The topological polar surface area (TPSA) is 80.9 Å². The van der Waals surface area contributed by atoms with E-state index in [4.69, 9.17) is 14.0 Å². The maximum atomic E-state index is 11.9. The van der Waals surface area contributed by atoms with Gasteiger partial charge in [-0.3, -0.25) is 0 Å². The highest BCUT2D eigenvalue weighted by atomic mass is 16.6. The molecule has 0 N–H and O–H groups in total. The van der Waals surface area contributed by atoms with Crippen molar-refractivity contribution in [3.63, 3.8) is 0 Å². The van der Waals surface area contributed by atoms with Gasteiger partial charge in [-0.25, -0.2) is 4.79 Å². The number of likely N-dealkylation sites (tertiary alicyclic amines) is 1. The second kappa shape index (κ2) is 6.35. The number of rotatable bonds is 3. The van der Waals surface area contributed by atoms with E-state index in [0.29, 0.717) is 50.5 Å². The van der Waals surface area contributed by atoms with Crippen LogP contribution in [0.3, 0.4) is 0 Å². The average molecular weight is 324 g/mol. The average Bonchev–Trinajstić information content (AvgIpc) is 2.90. The van der Waals surface area contributed by atoms with Gasteiger partial charge in [0.05, 0.1) is 13.2 Å². The van der Waals surface area contributed by atoms with E-state index in [0.717, 1.165) is 13.1 Å². The standard InChI is InChI=1S/C15H24N4O4/c1-15(2,3)22-14(20)19-9-11(10-19)8-12-16-13(17-23-12)18-4-6-21-7-5-18/h11H,4-10H2,1-3H3. The molecule has 0 radical (unpaired) electrons. The van der Waals surface area contributed by atoms with Crippen molar-refractivity contribution in [1.29, 1.82) is 0 Å². The van der Waals surface area contributed by atoms with Crippen molar-refractivity contribution in [3.8, 4) is 0 Å². The fourth-order valence-electron chi connectivity index (χ4n) is 2.64. The van der Waals surface area contributed by atoms with E-state index in [1.807, 2.05) is 20.8 Å². The smallest absolute Gasteiger partial charge is 0.410 e. The molecule has 2 aliphatic heterocycles. The lowest BCUT2D eigenvalue weighted by molar-refractivity contribution is -0.00187. The van der Waals surface area contributed by atoms with Gasteiger partial charge in [0.2, 0.25) is 5.89 Å². The van der Waals surface area contributed by atoms with Gasteiger partial charge in [0, 0.05) is 38.5 Å². The number of nitrogens with zero attached hydrogens (tertiary/aromatic N) is 4. The zero-order valence-electron chi connectivity index (χ0n) is 13.9. The number of morpholine rings is 1. The summed E-state index contributed by atoms with van der Waals surface area (Å²) in [4.78, 5) is 20.1. The van der Waals surface area contributed by atoms with Gasteiger partial charge in [0.25, 0.3) is 5.95 Å². The molecule has 8 nitrogen and oxygen atoms in total. The molecule has 0 saturated carbocycles. The molecule has 3 rings (SSSR count). The van der Waals surface area contributed by atoms with E-state index in [1.54, 1.807) is 4.90 Å². The van der Waals surface area contributed by atoms with Crippen LogP contribution in [0.2, 0.25) is 0 Å². The van der Waals surface area contributed by atoms with Gasteiger partial charge < -0.3 is 23.8 Å². The number of carbonyl (C=O) groups excluding carboxylic acids is 1. The zero-order valence-corrected chi connectivity index (χ0v) is 13.9. The molecule has 128 valence electrons. The van der Waals surface area contributed by atoms with Crippen molar-refractivity contribution in [3.05, 3.63) is 5.89 Å². The van der Waals surface area contributed by atoms with E-state index >= 15 is 0 Å². The molecule has 23 heavy (non-hydrogen) atoms. The lowest BCUT2D eigenvalue weighted by atomic mass is 9.97. The second-order valence-electron chi connectivity index (χ2n) is 7.04. The number of amides is 1. The molecule has 0 atom stereocenters. The Labute approximate surface area is 135 Å². The quantitative estimate of drug-likeness (QED) is 0.829. The molecule has 2 saturated heterocycles. The Bertz CT molecular complexity index is 542. The molecule has 1 aromatic heterocycles. The van der Waals surface area contributed by atoms with Crippen LogP contribution in [0.5, 0.6) is 0 Å². The van der Waals surface area contributed by atoms with Crippen molar-refractivity contribution in [2.45, 2.75) is 32.8 Å². The first kappa shape index (κ1) is 16.0. The Balaban J connectivity index is 1.45. The van der Waals surface area contributed by atoms with Gasteiger partial charge in [0.1, 0.15) is 5.60 Å². The summed E-state index contributed by atoms with van der Waals surface area (Å²) in [5, 5.41) is 4.03. The summed E-state index contributed by atoms with van der Waals surface area (Å²) in [6, 6.07) is 0. The molecule has 0 spiro atoms. The fourth-order valence-corrected chi connectivity index (χ4v) is 2.64. The number of anilines is 1. The van der Waals surface area contributed by atoms with Crippen LogP contribution in [0, 0.1) is 5.92 Å². The largest absolute Gasteiger partial charge is 0.444 e. The van der Waals surface area contributed by atoms with Gasteiger partial charge in [-0.15, -0.1) is 0 Å². The van der Waals surface area contributed by atoms with Crippen LogP contribution in [0.4, 0.5) is 10.7 Å².